The highest BCUT2D eigenvalue weighted by molar-refractivity contribution is 5.63. The molecular formula is C18H15N2O. The fourth-order valence-electron chi connectivity index (χ4n) is 3.09. The lowest BCUT2D eigenvalue weighted by atomic mass is 9.91. The van der Waals surface area contributed by atoms with Gasteiger partial charge in [0.25, 0.3) is 0 Å². The standard InChI is InChI=1S/C18H15N2O/c21-18-19-11-17(20-18)14-6-3-5-13(10-14)16-9-8-12-4-1-2-7-15(12)16/h1-7,10-11H,8-9H2,(H2,19,20,21). The van der Waals surface area contributed by atoms with Gasteiger partial charge in [0.1, 0.15) is 0 Å². The summed E-state index contributed by atoms with van der Waals surface area (Å²) in [5, 5.41) is 0. The molecule has 2 N–H and O–H groups in total. The maximum atomic E-state index is 11.3. The normalized spacial score (nSPS) is 14.3. The number of imidazole rings is 1. The van der Waals surface area contributed by atoms with Gasteiger partial charge in [-0.05, 0) is 41.2 Å². The zero-order chi connectivity index (χ0) is 14.2. The summed E-state index contributed by atoms with van der Waals surface area (Å²) in [6.45, 7) is 0. The fraction of sp³-hybridized carbons (Fsp3) is 0.111. The highest BCUT2D eigenvalue weighted by atomic mass is 16.1. The molecule has 1 aliphatic rings. The van der Waals surface area contributed by atoms with Crippen LogP contribution < -0.4 is 5.69 Å². The Morgan fingerprint density at radius 3 is 2.62 bits per heavy atom. The van der Waals surface area contributed by atoms with E-state index < -0.39 is 0 Å². The van der Waals surface area contributed by atoms with Crippen LogP contribution in [-0.2, 0) is 6.42 Å². The molecule has 3 nitrogen and oxygen atoms in total. The Bertz CT molecular complexity index is 844. The van der Waals surface area contributed by atoms with Crippen LogP contribution in [0, 0.1) is 5.92 Å². The Hall–Kier alpha value is -2.55. The lowest BCUT2D eigenvalue weighted by molar-refractivity contribution is 0.963. The molecule has 0 saturated carbocycles. The molecular weight excluding hydrogens is 260 g/mol. The average molecular weight is 275 g/mol. The van der Waals surface area contributed by atoms with E-state index in [4.69, 9.17) is 0 Å². The fourth-order valence-corrected chi connectivity index (χ4v) is 3.09. The van der Waals surface area contributed by atoms with Crippen LogP contribution in [0.2, 0.25) is 0 Å². The van der Waals surface area contributed by atoms with Crippen LogP contribution in [-0.4, -0.2) is 9.97 Å². The van der Waals surface area contributed by atoms with Gasteiger partial charge < -0.3 is 9.97 Å². The van der Waals surface area contributed by atoms with Gasteiger partial charge in [0.05, 0.1) is 5.69 Å². The molecule has 0 spiro atoms. The summed E-state index contributed by atoms with van der Waals surface area (Å²) in [5.74, 6) is 1.39. The smallest absolute Gasteiger partial charge is 0.312 e. The van der Waals surface area contributed by atoms with Crippen molar-refractivity contribution in [3.8, 4) is 11.3 Å². The van der Waals surface area contributed by atoms with Crippen LogP contribution in [0.25, 0.3) is 11.3 Å². The minimum absolute atomic E-state index is 0.172. The Morgan fingerprint density at radius 1 is 0.905 bits per heavy atom. The molecule has 0 saturated heterocycles. The number of nitrogens with one attached hydrogen (secondary N) is 2. The van der Waals surface area contributed by atoms with Gasteiger partial charge in [-0.25, -0.2) is 4.79 Å². The van der Waals surface area contributed by atoms with E-state index in [1.54, 1.807) is 6.20 Å². The van der Waals surface area contributed by atoms with Crippen LogP contribution in [0.3, 0.4) is 0 Å². The monoisotopic (exact) mass is 275 g/mol. The number of aromatic amines is 2. The number of H-pyrrole nitrogens is 2. The lowest BCUT2D eigenvalue weighted by Crippen LogP contribution is -2.00. The molecule has 3 aromatic rings. The third-order valence-electron chi connectivity index (χ3n) is 4.10. The van der Waals surface area contributed by atoms with Gasteiger partial charge in [-0.3, -0.25) is 0 Å². The van der Waals surface area contributed by atoms with Gasteiger partial charge in [0.15, 0.2) is 0 Å². The Kier molecular flexibility index (Phi) is 2.78. The second-order valence-corrected chi connectivity index (χ2v) is 5.37. The zero-order valence-corrected chi connectivity index (χ0v) is 11.5. The predicted octanol–water partition coefficient (Wildman–Crippen LogP) is 3.29. The van der Waals surface area contributed by atoms with Gasteiger partial charge in [-0.2, -0.15) is 0 Å². The predicted molar refractivity (Wildman–Crippen MR) is 83.1 cm³/mol. The number of hydrogen-bond acceptors (Lipinski definition) is 1. The van der Waals surface area contributed by atoms with E-state index in [-0.39, 0.29) is 5.69 Å². The van der Waals surface area contributed by atoms with Crippen molar-refractivity contribution in [2.45, 2.75) is 12.8 Å². The molecule has 1 aromatic heterocycles. The van der Waals surface area contributed by atoms with Gasteiger partial charge in [-0.1, -0.05) is 42.5 Å². The average Bonchev–Trinajstić information content (AvgIpc) is 3.13. The van der Waals surface area contributed by atoms with Crippen LogP contribution in [0.5, 0.6) is 0 Å². The first kappa shape index (κ1) is 12.2. The third-order valence-corrected chi connectivity index (χ3v) is 4.10. The van der Waals surface area contributed by atoms with Crippen LogP contribution in [0.15, 0.2) is 59.5 Å². The summed E-state index contributed by atoms with van der Waals surface area (Å²) >= 11 is 0. The van der Waals surface area contributed by atoms with Crippen molar-refractivity contribution in [2.75, 3.05) is 0 Å². The number of fused-ring (bicyclic) bond motifs is 1. The Balaban J connectivity index is 1.76. The van der Waals surface area contributed by atoms with Crippen molar-refractivity contribution in [2.24, 2.45) is 0 Å². The maximum Gasteiger partial charge on any atom is 0.323 e. The number of aromatic nitrogens is 2. The third kappa shape index (κ3) is 2.11. The lowest BCUT2D eigenvalue weighted by Gasteiger charge is -2.12. The summed E-state index contributed by atoms with van der Waals surface area (Å²) in [6, 6.07) is 17.0. The SMILES string of the molecule is O=c1[nH]cc(-c2cccc([C]3CCc4ccccc43)c2)[nH]1. The van der Waals surface area contributed by atoms with Crippen molar-refractivity contribution in [1.82, 2.24) is 9.97 Å². The first-order chi connectivity index (χ1) is 10.3. The van der Waals surface area contributed by atoms with Gasteiger partial charge >= 0.3 is 5.69 Å². The van der Waals surface area contributed by atoms with Crippen LogP contribution in [0.1, 0.15) is 23.1 Å². The Labute approximate surface area is 122 Å². The number of benzene rings is 2. The summed E-state index contributed by atoms with van der Waals surface area (Å²) in [4.78, 5) is 16.7. The minimum Gasteiger partial charge on any atom is -0.312 e. The summed E-state index contributed by atoms with van der Waals surface area (Å²) in [6.07, 6.45) is 3.90. The quantitative estimate of drug-likeness (QED) is 0.740. The molecule has 1 radical (unpaired) electrons. The molecule has 0 unspecified atom stereocenters. The molecule has 21 heavy (non-hydrogen) atoms. The van der Waals surface area contributed by atoms with Gasteiger partial charge in [0, 0.05) is 12.1 Å². The summed E-state index contributed by atoms with van der Waals surface area (Å²) in [7, 11) is 0. The maximum absolute atomic E-state index is 11.3. The van der Waals surface area contributed by atoms with Crippen molar-refractivity contribution < 1.29 is 0 Å². The highest BCUT2D eigenvalue weighted by Gasteiger charge is 2.24. The topological polar surface area (TPSA) is 48.6 Å². The van der Waals surface area contributed by atoms with E-state index in [2.05, 4.69) is 46.4 Å². The van der Waals surface area contributed by atoms with Crippen LogP contribution >= 0.6 is 0 Å². The molecule has 0 bridgehead atoms. The highest BCUT2D eigenvalue weighted by Crippen LogP contribution is 2.37. The van der Waals surface area contributed by atoms with Gasteiger partial charge in [0.2, 0.25) is 0 Å². The van der Waals surface area contributed by atoms with Crippen LogP contribution in [0.4, 0.5) is 0 Å². The number of rotatable bonds is 2. The largest absolute Gasteiger partial charge is 0.323 e. The molecule has 1 heterocycles. The van der Waals surface area contributed by atoms with E-state index in [9.17, 15) is 4.79 Å². The zero-order valence-electron chi connectivity index (χ0n) is 11.5. The number of aryl methyl sites for hydroxylation is 1. The molecule has 0 aliphatic heterocycles. The van der Waals surface area contributed by atoms with Crippen molar-refractivity contribution in [1.29, 1.82) is 0 Å². The molecule has 0 fully saturated rings. The van der Waals surface area contributed by atoms with E-state index in [0.717, 1.165) is 24.1 Å². The first-order valence-corrected chi connectivity index (χ1v) is 7.14. The molecule has 4 rings (SSSR count). The van der Waals surface area contributed by atoms with E-state index >= 15 is 0 Å². The molecule has 3 heteroatoms. The van der Waals surface area contributed by atoms with E-state index in [1.165, 1.54) is 22.6 Å². The molecule has 103 valence electrons. The second-order valence-electron chi connectivity index (χ2n) is 5.37. The van der Waals surface area contributed by atoms with Crippen molar-refractivity contribution in [3.63, 3.8) is 0 Å². The molecule has 0 amide bonds. The number of hydrogen-bond donors (Lipinski definition) is 2. The molecule has 0 atom stereocenters. The first-order valence-electron chi connectivity index (χ1n) is 7.14. The van der Waals surface area contributed by atoms with E-state index in [1.807, 2.05) is 12.1 Å². The minimum atomic E-state index is -0.172. The second kappa shape index (κ2) is 4.77. The van der Waals surface area contributed by atoms with Gasteiger partial charge in [-0.15, -0.1) is 0 Å². The summed E-state index contributed by atoms with van der Waals surface area (Å²) in [5.41, 5.74) is 5.70. The Morgan fingerprint density at radius 2 is 1.76 bits per heavy atom. The van der Waals surface area contributed by atoms with E-state index in [0.29, 0.717) is 0 Å². The molecule has 2 aromatic carbocycles. The summed E-state index contributed by atoms with van der Waals surface area (Å²) < 4.78 is 0. The van der Waals surface area contributed by atoms with Crippen molar-refractivity contribution >= 4 is 0 Å². The molecule has 1 aliphatic carbocycles. The van der Waals surface area contributed by atoms with Crippen molar-refractivity contribution in [3.05, 3.63) is 87.8 Å².